The van der Waals surface area contributed by atoms with Crippen LogP contribution in [0.5, 0.6) is 5.75 Å². The van der Waals surface area contributed by atoms with Crippen molar-refractivity contribution in [3.05, 3.63) is 87.1 Å². The second-order valence-electron chi connectivity index (χ2n) is 9.12. The number of nitrogens with two attached hydrogens (primary N) is 1. The van der Waals surface area contributed by atoms with Crippen molar-refractivity contribution in [2.75, 3.05) is 4.90 Å². The first kappa shape index (κ1) is 19.4. The Morgan fingerprint density at radius 3 is 2.61 bits per heavy atom. The van der Waals surface area contributed by atoms with E-state index in [2.05, 4.69) is 6.07 Å². The molecule has 0 fully saturated rings. The smallest absolute Gasteiger partial charge is 0.345 e. The molecule has 7 nitrogen and oxygen atoms in total. The Kier molecular flexibility index (Phi) is 3.48. The van der Waals surface area contributed by atoms with E-state index in [1.807, 2.05) is 39.0 Å². The molecule has 1 atom stereocenters. The van der Waals surface area contributed by atoms with Crippen LogP contribution >= 0.6 is 0 Å². The lowest BCUT2D eigenvalue weighted by molar-refractivity contribution is -0.121. The number of fused-ring (bicyclic) bond motifs is 5. The van der Waals surface area contributed by atoms with Gasteiger partial charge in [-0.05, 0) is 38.5 Å². The van der Waals surface area contributed by atoms with Crippen LogP contribution in [0, 0.1) is 11.3 Å². The van der Waals surface area contributed by atoms with Gasteiger partial charge in [-0.25, -0.2) is 4.79 Å². The topological polar surface area (TPSA) is 110 Å². The van der Waals surface area contributed by atoms with E-state index in [1.165, 1.54) is 0 Å². The number of rotatable bonds is 0. The second-order valence-corrected chi connectivity index (χ2v) is 9.12. The van der Waals surface area contributed by atoms with Gasteiger partial charge in [0.15, 0.2) is 11.2 Å². The lowest BCUT2D eigenvalue weighted by Gasteiger charge is -2.40. The molecule has 162 valence electrons. The number of carbonyl (C=O) groups excluding carboxylic acids is 1. The lowest BCUT2D eigenvalue weighted by atomic mass is 9.68. The summed E-state index contributed by atoms with van der Waals surface area (Å²) >= 11 is 0. The van der Waals surface area contributed by atoms with Crippen LogP contribution in [0.3, 0.4) is 0 Å². The second kappa shape index (κ2) is 5.93. The number of ether oxygens (including phenoxy) is 1. The van der Waals surface area contributed by atoms with Gasteiger partial charge in [0, 0.05) is 11.1 Å². The largest absolute Gasteiger partial charge is 0.439 e. The zero-order valence-electron chi connectivity index (χ0n) is 18.2. The molecule has 0 saturated carbocycles. The predicted octanol–water partition coefficient (Wildman–Crippen LogP) is 3.71. The van der Waals surface area contributed by atoms with Crippen molar-refractivity contribution < 1.29 is 13.9 Å². The molecule has 0 radical (unpaired) electrons. The average molecular weight is 437 g/mol. The monoisotopic (exact) mass is 437 g/mol. The van der Waals surface area contributed by atoms with Crippen molar-refractivity contribution in [2.45, 2.75) is 31.7 Å². The molecule has 1 aromatic heterocycles. The minimum Gasteiger partial charge on any atom is -0.439 e. The molecule has 0 bridgehead atoms. The third-order valence-electron chi connectivity index (χ3n) is 6.84. The van der Waals surface area contributed by atoms with Gasteiger partial charge < -0.3 is 19.8 Å². The van der Waals surface area contributed by atoms with E-state index < -0.39 is 22.5 Å². The first-order valence-corrected chi connectivity index (χ1v) is 10.6. The maximum absolute atomic E-state index is 14.5. The number of para-hydroxylation sites is 2. The molecule has 2 aromatic carbocycles. The highest BCUT2D eigenvalue weighted by molar-refractivity contribution is 6.18. The van der Waals surface area contributed by atoms with Gasteiger partial charge in [0.1, 0.15) is 22.8 Å². The molecular formula is C26H19N3O4. The van der Waals surface area contributed by atoms with Gasteiger partial charge in [-0.3, -0.25) is 4.79 Å². The molecule has 0 aliphatic carbocycles. The molecular weight excluding hydrogens is 418 g/mol. The first-order chi connectivity index (χ1) is 15.7. The van der Waals surface area contributed by atoms with Crippen LogP contribution in [0.4, 0.5) is 5.69 Å². The molecule has 3 aromatic rings. The molecule has 0 saturated heterocycles. The van der Waals surface area contributed by atoms with Crippen molar-refractivity contribution in [1.82, 2.24) is 0 Å². The summed E-state index contributed by atoms with van der Waals surface area (Å²) in [6.45, 7) is 5.84. The molecule has 1 spiro atoms. The van der Waals surface area contributed by atoms with E-state index in [4.69, 9.17) is 14.9 Å². The third-order valence-corrected chi connectivity index (χ3v) is 6.84. The lowest BCUT2D eigenvalue weighted by Crippen LogP contribution is -2.54. The highest BCUT2D eigenvalue weighted by Crippen LogP contribution is 2.59. The molecule has 2 N–H and O–H groups in total. The highest BCUT2D eigenvalue weighted by atomic mass is 16.5. The SMILES string of the molecule is CC1=CC(C)(C)N2C(=O)C3(C(C#N)=C(N)Oc4c3c(=O)oc3ccccc43)c3cccc1c32. The highest BCUT2D eigenvalue weighted by Gasteiger charge is 2.64. The zero-order chi connectivity index (χ0) is 23.3. The third kappa shape index (κ3) is 2.08. The van der Waals surface area contributed by atoms with Gasteiger partial charge in [-0.15, -0.1) is 0 Å². The van der Waals surface area contributed by atoms with Crippen molar-refractivity contribution in [3.8, 4) is 11.8 Å². The fraction of sp³-hybridized carbons (Fsp3) is 0.192. The normalized spacial score (nSPS) is 22.1. The number of amides is 1. The molecule has 3 aliphatic heterocycles. The summed E-state index contributed by atoms with van der Waals surface area (Å²) in [5, 5.41) is 10.7. The molecule has 3 aliphatic rings. The predicted molar refractivity (Wildman–Crippen MR) is 122 cm³/mol. The fourth-order valence-corrected chi connectivity index (χ4v) is 5.66. The van der Waals surface area contributed by atoms with Crippen LogP contribution in [-0.2, 0) is 10.2 Å². The summed E-state index contributed by atoms with van der Waals surface area (Å²) in [5.74, 6) is -0.481. The van der Waals surface area contributed by atoms with Gasteiger partial charge in [0.2, 0.25) is 11.8 Å². The minimum atomic E-state index is -1.77. The average Bonchev–Trinajstić information content (AvgIpc) is 3.02. The van der Waals surface area contributed by atoms with Crippen LogP contribution in [-0.4, -0.2) is 11.4 Å². The van der Waals surface area contributed by atoms with E-state index in [9.17, 15) is 14.9 Å². The van der Waals surface area contributed by atoms with Gasteiger partial charge in [-0.1, -0.05) is 36.4 Å². The van der Waals surface area contributed by atoms with E-state index in [0.29, 0.717) is 22.2 Å². The number of carbonyl (C=O) groups is 1. The summed E-state index contributed by atoms with van der Waals surface area (Å²) < 4.78 is 11.5. The fourth-order valence-electron chi connectivity index (χ4n) is 5.66. The van der Waals surface area contributed by atoms with E-state index in [-0.39, 0.29) is 22.8 Å². The molecule has 6 rings (SSSR count). The van der Waals surface area contributed by atoms with Gasteiger partial charge in [0.05, 0.1) is 16.6 Å². The number of hydrogen-bond acceptors (Lipinski definition) is 6. The molecule has 1 amide bonds. The maximum Gasteiger partial charge on any atom is 0.345 e. The van der Waals surface area contributed by atoms with E-state index in [0.717, 1.165) is 11.1 Å². The minimum absolute atomic E-state index is 0.0202. The number of anilines is 1. The quantitative estimate of drug-likeness (QED) is 0.537. The van der Waals surface area contributed by atoms with Crippen LogP contribution < -0.4 is 21.0 Å². The Morgan fingerprint density at radius 1 is 1.09 bits per heavy atom. The van der Waals surface area contributed by atoms with Crippen molar-refractivity contribution in [2.24, 2.45) is 5.73 Å². The maximum atomic E-state index is 14.5. The Morgan fingerprint density at radius 2 is 1.85 bits per heavy atom. The Labute approximate surface area is 189 Å². The number of allylic oxidation sites excluding steroid dienone is 1. The number of nitrogens with zero attached hydrogens (tertiary/aromatic N) is 2. The Hall–Kier alpha value is -4.31. The summed E-state index contributed by atoms with van der Waals surface area (Å²) in [5.41, 5.74) is 6.32. The van der Waals surface area contributed by atoms with Crippen molar-refractivity contribution in [3.63, 3.8) is 0 Å². The number of benzene rings is 2. The number of hydrogen-bond donors (Lipinski definition) is 1. The summed E-state index contributed by atoms with van der Waals surface area (Å²) in [7, 11) is 0. The van der Waals surface area contributed by atoms with Crippen LogP contribution in [0.15, 0.2) is 69.2 Å². The van der Waals surface area contributed by atoms with Gasteiger partial charge in [-0.2, -0.15) is 5.26 Å². The van der Waals surface area contributed by atoms with E-state index >= 15 is 0 Å². The van der Waals surface area contributed by atoms with Crippen LogP contribution in [0.25, 0.3) is 16.5 Å². The standard InChI is InChI=1S/C26H19N3O4/c1-13-11-25(2,3)29-20-14(13)8-6-9-16(20)26(24(29)31)17(12-27)22(28)33-21-15-7-4-5-10-18(15)32-23(30)19(21)26/h4-11H,28H2,1-3H3. The molecule has 7 heteroatoms. The summed E-state index contributed by atoms with van der Waals surface area (Å²) in [6, 6.07) is 14.5. The number of nitriles is 1. The molecule has 33 heavy (non-hydrogen) atoms. The van der Waals surface area contributed by atoms with Crippen molar-refractivity contribution in [1.29, 1.82) is 5.26 Å². The Bertz CT molecular complexity index is 1600. The summed E-state index contributed by atoms with van der Waals surface area (Å²) in [6.07, 6.45) is 2.01. The first-order valence-electron chi connectivity index (χ1n) is 10.6. The van der Waals surface area contributed by atoms with Gasteiger partial charge in [0.25, 0.3) is 0 Å². The van der Waals surface area contributed by atoms with Gasteiger partial charge >= 0.3 is 5.63 Å². The molecule has 1 unspecified atom stereocenters. The van der Waals surface area contributed by atoms with Crippen molar-refractivity contribution >= 4 is 28.1 Å². The molecule has 4 heterocycles. The zero-order valence-corrected chi connectivity index (χ0v) is 18.2. The van der Waals surface area contributed by atoms with E-state index in [1.54, 1.807) is 35.2 Å². The van der Waals surface area contributed by atoms with Crippen LogP contribution in [0.1, 0.15) is 37.5 Å². The summed E-state index contributed by atoms with van der Waals surface area (Å²) in [4.78, 5) is 29.6. The Balaban J connectivity index is 1.85. The van der Waals surface area contributed by atoms with Crippen LogP contribution in [0.2, 0.25) is 0 Å².